The molecule has 0 spiro atoms. The molecule has 1 fully saturated rings. The van der Waals surface area contributed by atoms with Crippen molar-refractivity contribution in [2.75, 3.05) is 19.7 Å². The van der Waals surface area contributed by atoms with Crippen LogP contribution in [-0.4, -0.2) is 35.5 Å². The molecule has 0 bridgehead atoms. The van der Waals surface area contributed by atoms with Gasteiger partial charge in [-0.3, -0.25) is 9.59 Å². The van der Waals surface area contributed by atoms with Gasteiger partial charge in [-0.05, 0) is 24.6 Å². The zero-order valence-corrected chi connectivity index (χ0v) is 12.7. The number of halogens is 1. The maximum atomic E-state index is 13.4. The number of benzene rings is 1. The van der Waals surface area contributed by atoms with Crippen LogP contribution in [0.15, 0.2) is 41.3 Å². The monoisotopic (exact) mass is 316 g/mol. The van der Waals surface area contributed by atoms with Crippen molar-refractivity contribution < 1.29 is 13.9 Å². The average Bonchev–Trinajstić information content (AvgIpc) is 2.54. The topological polar surface area (TPSA) is 62.4 Å². The molecular formula is C17H17FN2O3. The molecule has 1 aromatic carbocycles. The van der Waals surface area contributed by atoms with E-state index in [1.54, 1.807) is 24.0 Å². The number of pyridine rings is 1. The molecule has 1 aliphatic rings. The molecule has 2 aromatic rings. The lowest BCUT2D eigenvalue weighted by Crippen LogP contribution is -2.43. The van der Waals surface area contributed by atoms with Gasteiger partial charge in [0, 0.05) is 24.5 Å². The predicted molar refractivity (Wildman–Crippen MR) is 82.8 cm³/mol. The van der Waals surface area contributed by atoms with Crippen molar-refractivity contribution in [2.24, 2.45) is 0 Å². The summed E-state index contributed by atoms with van der Waals surface area (Å²) in [5.74, 6) is -0.680. The van der Waals surface area contributed by atoms with Crippen molar-refractivity contribution >= 4 is 5.91 Å². The van der Waals surface area contributed by atoms with E-state index in [1.807, 2.05) is 0 Å². The van der Waals surface area contributed by atoms with E-state index in [1.165, 1.54) is 24.4 Å². The number of aromatic nitrogens is 1. The Balaban J connectivity index is 1.80. The highest BCUT2D eigenvalue weighted by Gasteiger charge is 2.27. The molecule has 1 aromatic heterocycles. The third kappa shape index (κ3) is 3.32. The molecule has 23 heavy (non-hydrogen) atoms. The molecule has 120 valence electrons. The molecule has 5 nitrogen and oxygen atoms in total. The summed E-state index contributed by atoms with van der Waals surface area (Å²) in [5, 5.41) is 0. The molecule has 6 heteroatoms. The highest BCUT2D eigenvalue weighted by Crippen LogP contribution is 2.23. The molecule has 0 aliphatic carbocycles. The molecule has 2 heterocycles. The molecule has 0 saturated carbocycles. The smallest absolute Gasteiger partial charge is 0.259 e. The fourth-order valence-corrected chi connectivity index (χ4v) is 2.65. The van der Waals surface area contributed by atoms with E-state index in [0.717, 1.165) is 0 Å². The van der Waals surface area contributed by atoms with Crippen molar-refractivity contribution in [3.05, 3.63) is 69.4 Å². The molecule has 0 radical (unpaired) electrons. The number of aryl methyl sites for hydroxylation is 1. The SMILES string of the molecule is Cc1cc(=O)c(C(=O)N2CCOC(c3cccc(F)c3)C2)c[nH]1. The number of H-pyrrole nitrogens is 1. The molecule has 1 aliphatic heterocycles. The van der Waals surface area contributed by atoms with Gasteiger partial charge < -0.3 is 14.6 Å². The summed E-state index contributed by atoms with van der Waals surface area (Å²) < 4.78 is 19.0. The van der Waals surface area contributed by atoms with E-state index < -0.39 is 6.10 Å². The number of aromatic amines is 1. The van der Waals surface area contributed by atoms with Crippen molar-refractivity contribution in [1.29, 1.82) is 0 Å². The summed E-state index contributed by atoms with van der Waals surface area (Å²) in [4.78, 5) is 29.0. The van der Waals surface area contributed by atoms with Crippen molar-refractivity contribution in [1.82, 2.24) is 9.88 Å². The van der Waals surface area contributed by atoms with Gasteiger partial charge >= 0.3 is 0 Å². The predicted octanol–water partition coefficient (Wildman–Crippen LogP) is 2.04. The number of morpholine rings is 1. The van der Waals surface area contributed by atoms with Crippen LogP contribution in [0.4, 0.5) is 4.39 Å². The number of carbonyl (C=O) groups is 1. The first-order valence-corrected chi connectivity index (χ1v) is 7.40. The number of hydrogen-bond acceptors (Lipinski definition) is 3. The Kier molecular flexibility index (Phi) is 4.25. The average molecular weight is 316 g/mol. The van der Waals surface area contributed by atoms with Crippen LogP contribution in [0.3, 0.4) is 0 Å². The standard InChI is InChI=1S/C17H17FN2O3/c1-11-7-15(21)14(9-19-11)17(22)20-5-6-23-16(10-20)12-3-2-4-13(18)8-12/h2-4,7-9,16H,5-6,10H2,1H3,(H,19,21). The molecule has 1 N–H and O–H groups in total. The van der Waals surface area contributed by atoms with E-state index >= 15 is 0 Å². The maximum Gasteiger partial charge on any atom is 0.259 e. The fourth-order valence-electron chi connectivity index (χ4n) is 2.65. The Morgan fingerprint density at radius 2 is 2.22 bits per heavy atom. The maximum absolute atomic E-state index is 13.4. The number of rotatable bonds is 2. The molecule has 1 unspecified atom stereocenters. The Hall–Kier alpha value is -2.47. The second-order valence-electron chi connectivity index (χ2n) is 5.56. The van der Waals surface area contributed by atoms with Crippen LogP contribution in [0.25, 0.3) is 0 Å². The second-order valence-corrected chi connectivity index (χ2v) is 5.56. The summed E-state index contributed by atoms with van der Waals surface area (Å²) in [7, 11) is 0. The van der Waals surface area contributed by atoms with Gasteiger partial charge in [-0.15, -0.1) is 0 Å². The number of carbonyl (C=O) groups excluding carboxylic acids is 1. The second kappa shape index (κ2) is 6.34. The van der Waals surface area contributed by atoms with Crippen molar-refractivity contribution in [3.8, 4) is 0 Å². The van der Waals surface area contributed by atoms with Gasteiger partial charge in [-0.25, -0.2) is 4.39 Å². The largest absolute Gasteiger partial charge is 0.370 e. The van der Waals surface area contributed by atoms with Crippen molar-refractivity contribution in [3.63, 3.8) is 0 Å². The third-order valence-electron chi connectivity index (χ3n) is 3.86. The lowest BCUT2D eigenvalue weighted by Gasteiger charge is -2.33. The van der Waals surface area contributed by atoms with E-state index in [2.05, 4.69) is 4.98 Å². The number of nitrogens with zero attached hydrogens (tertiary/aromatic N) is 1. The van der Waals surface area contributed by atoms with E-state index in [-0.39, 0.29) is 29.3 Å². The van der Waals surface area contributed by atoms with Gasteiger partial charge in [0.05, 0.1) is 13.2 Å². The van der Waals surface area contributed by atoms with Crippen LogP contribution in [0, 0.1) is 12.7 Å². The quantitative estimate of drug-likeness (QED) is 0.922. The van der Waals surface area contributed by atoms with E-state index in [9.17, 15) is 14.0 Å². The van der Waals surface area contributed by atoms with E-state index in [4.69, 9.17) is 4.74 Å². The minimum absolute atomic E-state index is 0.107. The lowest BCUT2D eigenvalue weighted by atomic mass is 10.1. The molecule has 1 atom stereocenters. The van der Waals surface area contributed by atoms with Crippen LogP contribution in [-0.2, 0) is 4.74 Å². The Morgan fingerprint density at radius 1 is 1.39 bits per heavy atom. The Bertz CT molecular complexity index is 787. The highest BCUT2D eigenvalue weighted by atomic mass is 19.1. The van der Waals surface area contributed by atoms with Gasteiger partial charge in [-0.2, -0.15) is 0 Å². The zero-order chi connectivity index (χ0) is 16.4. The number of ether oxygens (including phenoxy) is 1. The van der Waals surface area contributed by atoms with E-state index in [0.29, 0.717) is 24.4 Å². The van der Waals surface area contributed by atoms with Gasteiger partial charge in [0.2, 0.25) is 0 Å². The summed E-state index contributed by atoms with van der Waals surface area (Å²) >= 11 is 0. The van der Waals surface area contributed by atoms with Gasteiger partial charge in [0.15, 0.2) is 5.43 Å². The normalized spacial score (nSPS) is 18.0. The lowest BCUT2D eigenvalue weighted by molar-refractivity contribution is -0.0229. The molecule has 1 amide bonds. The first-order chi connectivity index (χ1) is 11.0. The van der Waals surface area contributed by atoms with Gasteiger partial charge in [0.1, 0.15) is 17.5 Å². The van der Waals surface area contributed by atoms with Crippen LogP contribution in [0.2, 0.25) is 0 Å². The van der Waals surface area contributed by atoms with Crippen LogP contribution >= 0.6 is 0 Å². The Morgan fingerprint density at radius 3 is 2.96 bits per heavy atom. The number of hydrogen-bond donors (Lipinski definition) is 1. The zero-order valence-electron chi connectivity index (χ0n) is 12.7. The summed E-state index contributed by atoms with van der Waals surface area (Å²) in [6.45, 7) is 2.79. The van der Waals surface area contributed by atoms with Gasteiger partial charge in [-0.1, -0.05) is 12.1 Å². The van der Waals surface area contributed by atoms with Gasteiger partial charge in [0.25, 0.3) is 5.91 Å². The number of amides is 1. The summed E-state index contributed by atoms with van der Waals surface area (Å²) in [5.41, 5.74) is 1.18. The van der Waals surface area contributed by atoms with Crippen LogP contribution in [0.1, 0.15) is 27.7 Å². The molecule has 1 saturated heterocycles. The minimum Gasteiger partial charge on any atom is -0.370 e. The van der Waals surface area contributed by atoms with Crippen LogP contribution in [0.5, 0.6) is 0 Å². The minimum atomic E-state index is -0.395. The first-order valence-electron chi connectivity index (χ1n) is 7.40. The summed E-state index contributed by atoms with van der Waals surface area (Å²) in [6, 6.07) is 7.54. The Labute approximate surface area is 132 Å². The van der Waals surface area contributed by atoms with Crippen LogP contribution < -0.4 is 5.43 Å². The van der Waals surface area contributed by atoms with Crippen molar-refractivity contribution in [2.45, 2.75) is 13.0 Å². The third-order valence-corrected chi connectivity index (χ3v) is 3.86. The fraction of sp³-hybridized carbons (Fsp3) is 0.294. The molecular weight excluding hydrogens is 299 g/mol. The highest BCUT2D eigenvalue weighted by molar-refractivity contribution is 5.93. The first kappa shape index (κ1) is 15.4. The molecule has 3 rings (SSSR count). The number of nitrogens with one attached hydrogen (secondary N) is 1. The summed E-state index contributed by atoms with van der Waals surface area (Å²) in [6.07, 6.45) is 1.04.